The predicted octanol–water partition coefficient (Wildman–Crippen LogP) is 2.05. The van der Waals surface area contributed by atoms with Crippen molar-refractivity contribution in [3.8, 4) is 0 Å². The van der Waals surface area contributed by atoms with Crippen molar-refractivity contribution >= 4 is 23.4 Å². The Balaban J connectivity index is 2.24. The smallest absolute Gasteiger partial charge is 0.337 e. The number of rotatable bonds is 2. The van der Waals surface area contributed by atoms with E-state index in [2.05, 4.69) is 4.98 Å². The van der Waals surface area contributed by atoms with Gasteiger partial charge in [0.1, 0.15) is 5.82 Å². The van der Waals surface area contributed by atoms with Gasteiger partial charge in [-0.25, -0.2) is 9.78 Å². The third kappa shape index (κ3) is 2.91. The van der Waals surface area contributed by atoms with Crippen LogP contribution < -0.4 is 4.90 Å². The summed E-state index contributed by atoms with van der Waals surface area (Å²) in [4.78, 5) is 17.0. The highest BCUT2D eigenvalue weighted by molar-refractivity contribution is 6.33. The summed E-state index contributed by atoms with van der Waals surface area (Å²) < 4.78 is 5.55. The molecule has 0 bridgehead atoms. The van der Waals surface area contributed by atoms with Gasteiger partial charge in [-0.15, -0.1) is 0 Å². The number of halogens is 1. The summed E-state index contributed by atoms with van der Waals surface area (Å²) in [6.07, 6.45) is 2.35. The fourth-order valence-corrected chi connectivity index (χ4v) is 2.25. The van der Waals surface area contributed by atoms with Gasteiger partial charge in [-0.1, -0.05) is 11.6 Å². The van der Waals surface area contributed by atoms with Gasteiger partial charge >= 0.3 is 5.97 Å². The molecule has 1 aliphatic heterocycles. The van der Waals surface area contributed by atoms with E-state index in [0.717, 1.165) is 19.6 Å². The van der Waals surface area contributed by atoms with Crippen molar-refractivity contribution < 1.29 is 14.6 Å². The standard InChI is InChI=1S/C12H15ClN2O3/c1-8-7-15(3-2-4-18-8)11-10(13)5-9(6-14-11)12(16)17/h5-6,8H,2-4,7H2,1H3,(H,16,17). The lowest BCUT2D eigenvalue weighted by atomic mass is 10.2. The molecule has 0 amide bonds. The lowest BCUT2D eigenvalue weighted by Gasteiger charge is -2.24. The van der Waals surface area contributed by atoms with E-state index in [-0.39, 0.29) is 11.7 Å². The number of anilines is 1. The molecule has 0 aromatic carbocycles. The summed E-state index contributed by atoms with van der Waals surface area (Å²) in [6, 6.07) is 1.43. The zero-order valence-corrected chi connectivity index (χ0v) is 10.9. The summed E-state index contributed by atoms with van der Waals surface area (Å²) in [5.74, 6) is -0.400. The Labute approximate surface area is 110 Å². The summed E-state index contributed by atoms with van der Waals surface area (Å²) in [5, 5.41) is 9.23. The van der Waals surface area contributed by atoms with Gasteiger partial charge in [0.2, 0.25) is 0 Å². The second kappa shape index (κ2) is 5.54. The van der Waals surface area contributed by atoms with Crippen LogP contribution >= 0.6 is 11.6 Å². The summed E-state index contributed by atoms with van der Waals surface area (Å²) in [7, 11) is 0. The SMILES string of the molecule is CC1CN(c2ncc(C(=O)O)cc2Cl)CCCO1. The third-order valence-electron chi connectivity index (χ3n) is 2.82. The molecule has 0 spiro atoms. The quantitative estimate of drug-likeness (QED) is 0.891. The highest BCUT2D eigenvalue weighted by atomic mass is 35.5. The van der Waals surface area contributed by atoms with Gasteiger partial charge in [-0.05, 0) is 19.4 Å². The van der Waals surface area contributed by atoms with Gasteiger partial charge in [0.15, 0.2) is 0 Å². The number of carboxylic acids is 1. The Kier molecular flexibility index (Phi) is 4.04. The molecule has 1 atom stereocenters. The first kappa shape index (κ1) is 13.1. The molecule has 1 aliphatic rings. The van der Waals surface area contributed by atoms with Crippen molar-refractivity contribution in [1.82, 2.24) is 4.98 Å². The first-order valence-electron chi connectivity index (χ1n) is 5.83. The number of carboxylic acid groups (broad SMARTS) is 1. The van der Waals surface area contributed by atoms with Crippen molar-refractivity contribution in [2.75, 3.05) is 24.6 Å². The van der Waals surface area contributed by atoms with E-state index >= 15 is 0 Å². The van der Waals surface area contributed by atoms with Crippen molar-refractivity contribution in [2.45, 2.75) is 19.4 Å². The van der Waals surface area contributed by atoms with Gasteiger partial charge in [0.25, 0.3) is 0 Å². The van der Waals surface area contributed by atoms with E-state index in [9.17, 15) is 4.79 Å². The Morgan fingerprint density at radius 3 is 3.11 bits per heavy atom. The second-order valence-corrected chi connectivity index (χ2v) is 4.72. The molecule has 1 saturated heterocycles. The van der Waals surface area contributed by atoms with Crippen LogP contribution in [0.4, 0.5) is 5.82 Å². The minimum absolute atomic E-state index is 0.0999. The number of aromatic carboxylic acids is 1. The summed E-state index contributed by atoms with van der Waals surface area (Å²) in [6.45, 7) is 4.24. The zero-order valence-electron chi connectivity index (χ0n) is 10.1. The van der Waals surface area contributed by atoms with Gasteiger partial charge in [0.05, 0.1) is 16.7 Å². The van der Waals surface area contributed by atoms with Gasteiger partial charge in [-0.3, -0.25) is 0 Å². The fourth-order valence-electron chi connectivity index (χ4n) is 1.97. The van der Waals surface area contributed by atoms with Gasteiger partial charge < -0.3 is 14.7 Å². The fraction of sp³-hybridized carbons (Fsp3) is 0.500. The van der Waals surface area contributed by atoms with Crippen LogP contribution in [-0.4, -0.2) is 41.9 Å². The maximum Gasteiger partial charge on any atom is 0.337 e. The van der Waals surface area contributed by atoms with Crippen molar-refractivity contribution in [3.63, 3.8) is 0 Å². The average molecular weight is 271 g/mol. The number of ether oxygens (including phenoxy) is 1. The highest BCUT2D eigenvalue weighted by Gasteiger charge is 2.19. The third-order valence-corrected chi connectivity index (χ3v) is 3.10. The molecule has 0 saturated carbocycles. The molecular weight excluding hydrogens is 256 g/mol. The molecule has 5 nitrogen and oxygen atoms in total. The first-order chi connectivity index (χ1) is 8.58. The number of hydrogen-bond acceptors (Lipinski definition) is 4. The molecule has 1 aromatic heterocycles. The maximum absolute atomic E-state index is 10.8. The molecule has 1 unspecified atom stereocenters. The van der Waals surface area contributed by atoms with Crippen molar-refractivity contribution in [3.05, 3.63) is 22.8 Å². The normalized spacial score (nSPS) is 20.6. The molecule has 2 heterocycles. The minimum Gasteiger partial charge on any atom is -0.478 e. The Morgan fingerprint density at radius 2 is 2.44 bits per heavy atom. The van der Waals surface area contributed by atoms with Crippen molar-refractivity contribution in [2.24, 2.45) is 0 Å². The molecular formula is C12H15ClN2O3. The van der Waals surface area contributed by atoms with Crippen LogP contribution in [0.3, 0.4) is 0 Å². The van der Waals surface area contributed by atoms with Crippen LogP contribution in [0.1, 0.15) is 23.7 Å². The van der Waals surface area contributed by atoms with Crippen LogP contribution in [0.5, 0.6) is 0 Å². The predicted molar refractivity (Wildman–Crippen MR) is 68.5 cm³/mol. The molecule has 0 aliphatic carbocycles. The maximum atomic E-state index is 10.8. The van der Waals surface area contributed by atoms with E-state index in [1.807, 2.05) is 11.8 Å². The van der Waals surface area contributed by atoms with E-state index < -0.39 is 5.97 Å². The van der Waals surface area contributed by atoms with E-state index in [1.54, 1.807) is 0 Å². The van der Waals surface area contributed by atoms with Crippen LogP contribution in [0, 0.1) is 0 Å². The number of nitrogens with zero attached hydrogens (tertiary/aromatic N) is 2. The highest BCUT2D eigenvalue weighted by Crippen LogP contribution is 2.25. The average Bonchev–Trinajstić information content (AvgIpc) is 2.53. The van der Waals surface area contributed by atoms with Crippen molar-refractivity contribution in [1.29, 1.82) is 0 Å². The number of aromatic nitrogens is 1. The minimum atomic E-state index is -1.02. The molecule has 2 rings (SSSR count). The Morgan fingerprint density at radius 1 is 1.67 bits per heavy atom. The summed E-state index contributed by atoms with van der Waals surface area (Å²) >= 11 is 6.10. The monoisotopic (exact) mass is 270 g/mol. The molecule has 98 valence electrons. The topological polar surface area (TPSA) is 62.7 Å². The zero-order chi connectivity index (χ0) is 13.1. The molecule has 1 fully saturated rings. The Hall–Kier alpha value is -1.33. The molecule has 6 heteroatoms. The second-order valence-electron chi connectivity index (χ2n) is 4.32. The largest absolute Gasteiger partial charge is 0.478 e. The first-order valence-corrected chi connectivity index (χ1v) is 6.21. The lowest BCUT2D eigenvalue weighted by Crippen LogP contribution is -2.31. The number of hydrogen-bond donors (Lipinski definition) is 1. The Bertz CT molecular complexity index is 453. The number of pyridine rings is 1. The summed E-state index contributed by atoms with van der Waals surface area (Å²) in [5.41, 5.74) is 0.0999. The molecule has 1 N–H and O–H groups in total. The lowest BCUT2D eigenvalue weighted by molar-refractivity contribution is 0.0696. The van der Waals surface area contributed by atoms with E-state index in [4.69, 9.17) is 21.4 Å². The van der Waals surface area contributed by atoms with Crippen LogP contribution in [0.2, 0.25) is 5.02 Å². The van der Waals surface area contributed by atoms with Crippen LogP contribution in [0.15, 0.2) is 12.3 Å². The van der Waals surface area contributed by atoms with E-state index in [0.29, 0.717) is 17.4 Å². The molecule has 1 aromatic rings. The van der Waals surface area contributed by atoms with Gasteiger partial charge in [-0.2, -0.15) is 0 Å². The number of carbonyl (C=O) groups is 1. The van der Waals surface area contributed by atoms with Gasteiger partial charge in [0, 0.05) is 25.9 Å². The van der Waals surface area contributed by atoms with Crippen LogP contribution in [0.25, 0.3) is 0 Å². The van der Waals surface area contributed by atoms with Crippen LogP contribution in [-0.2, 0) is 4.74 Å². The molecule has 0 radical (unpaired) electrons. The van der Waals surface area contributed by atoms with E-state index in [1.165, 1.54) is 12.3 Å². The molecule has 18 heavy (non-hydrogen) atoms.